The third kappa shape index (κ3) is 4.49. The molecule has 4 rings (SSSR count). The molecule has 34 heavy (non-hydrogen) atoms. The van der Waals surface area contributed by atoms with Gasteiger partial charge < -0.3 is 15.2 Å². The molecule has 0 saturated heterocycles. The van der Waals surface area contributed by atoms with Gasteiger partial charge in [-0.15, -0.1) is 0 Å². The second-order valence-corrected chi connectivity index (χ2v) is 8.23. The van der Waals surface area contributed by atoms with E-state index in [1.54, 1.807) is 19.2 Å². The number of rotatable bonds is 6. The molecule has 2 heterocycles. The Hall–Kier alpha value is -4.15. The molecule has 0 spiro atoms. The van der Waals surface area contributed by atoms with Gasteiger partial charge in [0.25, 0.3) is 0 Å². The Labute approximate surface area is 201 Å². The van der Waals surface area contributed by atoms with Crippen LogP contribution in [0.4, 0.5) is 5.69 Å². The molecule has 2 aromatic heterocycles. The molecule has 0 aliphatic rings. The second kappa shape index (κ2) is 9.38. The van der Waals surface area contributed by atoms with Gasteiger partial charge in [-0.25, -0.2) is 14.8 Å². The van der Waals surface area contributed by atoms with Crippen molar-refractivity contribution < 1.29 is 14.6 Å². The van der Waals surface area contributed by atoms with Gasteiger partial charge in [0.05, 0.1) is 18.3 Å². The number of aromatic carboxylic acids is 1. The zero-order valence-corrected chi connectivity index (χ0v) is 19.5. The number of nitriles is 1. The molecule has 0 saturated carbocycles. The molecule has 0 aliphatic heterocycles. The number of methoxy groups -OCH3 is 1. The van der Waals surface area contributed by atoms with E-state index in [0.717, 1.165) is 27.8 Å². The summed E-state index contributed by atoms with van der Waals surface area (Å²) in [6, 6.07) is 18.4. The lowest BCUT2D eigenvalue weighted by Gasteiger charge is -2.20. The highest BCUT2D eigenvalue weighted by atomic mass is 35.5. The first kappa shape index (κ1) is 23.0. The number of aromatic nitrogens is 2. The summed E-state index contributed by atoms with van der Waals surface area (Å²) in [5.74, 6) is -0.454. The van der Waals surface area contributed by atoms with Gasteiger partial charge in [0.1, 0.15) is 22.7 Å². The smallest absolute Gasteiger partial charge is 0.356 e. The number of ether oxygens (including phenoxy) is 1. The molecule has 170 valence electrons. The van der Waals surface area contributed by atoms with Crippen molar-refractivity contribution in [1.82, 2.24) is 9.97 Å². The van der Waals surface area contributed by atoms with E-state index >= 15 is 0 Å². The summed E-state index contributed by atoms with van der Waals surface area (Å²) in [6.07, 6.45) is 0. The van der Waals surface area contributed by atoms with Crippen LogP contribution in [0.3, 0.4) is 0 Å². The van der Waals surface area contributed by atoms with Crippen LogP contribution in [-0.4, -0.2) is 28.2 Å². The standard InChI is InChI=1S/C26H21ClN4O3/c1-14-10-18(15(2)29-21-8-9-24(27)31-25(21)26(32)33)20-12-19(23(13-28)30-22(20)11-14)16-4-6-17(34-3)7-5-16/h4-12,15,29H,1-3H3,(H,32,33)/t15-/m0/s1. The van der Waals surface area contributed by atoms with Crippen molar-refractivity contribution in [3.05, 3.63) is 82.3 Å². The van der Waals surface area contributed by atoms with E-state index in [-0.39, 0.29) is 16.9 Å². The molecule has 2 N–H and O–H groups in total. The number of carbonyl (C=O) groups is 1. The van der Waals surface area contributed by atoms with Crippen LogP contribution in [0.1, 0.15) is 40.3 Å². The monoisotopic (exact) mass is 472 g/mol. The van der Waals surface area contributed by atoms with E-state index in [4.69, 9.17) is 16.3 Å². The first-order valence-electron chi connectivity index (χ1n) is 10.5. The summed E-state index contributed by atoms with van der Waals surface area (Å²) >= 11 is 5.89. The number of fused-ring (bicyclic) bond motifs is 1. The van der Waals surface area contributed by atoms with E-state index in [0.29, 0.717) is 22.5 Å². The van der Waals surface area contributed by atoms with Gasteiger partial charge in [-0.3, -0.25) is 0 Å². The summed E-state index contributed by atoms with van der Waals surface area (Å²) < 4.78 is 5.24. The number of nitrogens with one attached hydrogen (secondary N) is 1. The summed E-state index contributed by atoms with van der Waals surface area (Å²) in [4.78, 5) is 20.2. The fraction of sp³-hybridized carbons (Fsp3) is 0.154. The van der Waals surface area contributed by atoms with Gasteiger partial charge in [0.15, 0.2) is 5.69 Å². The predicted octanol–water partition coefficient (Wildman–Crippen LogP) is 6.01. The molecule has 4 aromatic rings. The minimum Gasteiger partial charge on any atom is -0.497 e. The van der Waals surface area contributed by atoms with Crippen LogP contribution >= 0.6 is 11.6 Å². The lowest BCUT2D eigenvalue weighted by Crippen LogP contribution is -2.13. The molecule has 0 amide bonds. The quantitative estimate of drug-likeness (QED) is 0.331. The highest BCUT2D eigenvalue weighted by molar-refractivity contribution is 6.29. The van der Waals surface area contributed by atoms with Crippen LogP contribution in [0.5, 0.6) is 5.75 Å². The number of nitrogens with zero attached hydrogens (tertiary/aromatic N) is 3. The van der Waals surface area contributed by atoms with E-state index in [2.05, 4.69) is 21.4 Å². The first-order valence-corrected chi connectivity index (χ1v) is 10.8. The number of pyridine rings is 2. The summed E-state index contributed by atoms with van der Waals surface area (Å²) in [6.45, 7) is 3.88. The molecular formula is C26H21ClN4O3. The van der Waals surface area contributed by atoms with Gasteiger partial charge in [-0.05, 0) is 66.9 Å². The first-order chi connectivity index (χ1) is 16.3. The van der Waals surface area contributed by atoms with Gasteiger partial charge in [0.2, 0.25) is 0 Å². The minimum absolute atomic E-state index is 0.106. The molecular weight excluding hydrogens is 452 g/mol. The zero-order valence-electron chi connectivity index (χ0n) is 18.8. The van der Waals surface area contributed by atoms with Gasteiger partial charge in [0, 0.05) is 17.0 Å². The number of anilines is 1. The average molecular weight is 473 g/mol. The van der Waals surface area contributed by atoms with Crippen molar-refractivity contribution in [3.63, 3.8) is 0 Å². The maximum atomic E-state index is 11.7. The number of benzene rings is 2. The number of hydrogen-bond donors (Lipinski definition) is 2. The van der Waals surface area contributed by atoms with Gasteiger partial charge in [-0.2, -0.15) is 5.26 Å². The Balaban J connectivity index is 1.84. The number of halogens is 1. The van der Waals surface area contributed by atoms with E-state index in [1.165, 1.54) is 0 Å². The molecule has 8 heteroatoms. The normalized spacial score (nSPS) is 11.6. The molecule has 0 aliphatic carbocycles. The van der Waals surface area contributed by atoms with Crippen LogP contribution < -0.4 is 10.1 Å². The Morgan fingerprint density at radius 2 is 1.88 bits per heavy atom. The fourth-order valence-corrected chi connectivity index (χ4v) is 4.06. The highest BCUT2D eigenvalue weighted by Gasteiger charge is 2.19. The van der Waals surface area contributed by atoms with Crippen molar-refractivity contribution in [1.29, 1.82) is 5.26 Å². The van der Waals surface area contributed by atoms with Crippen LogP contribution in [0, 0.1) is 18.3 Å². The van der Waals surface area contributed by atoms with E-state index in [9.17, 15) is 15.2 Å². The zero-order chi connectivity index (χ0) is 24.4. The van der Waals surface area contributed by atoms with Crippen molar-refractivity contribution in [2.45, 2.75) is 19.9 Å². The molecule has 2 aromatic carbocycles. The van der Waals surface area contributed by atoms with Crippen molar-refractivity contribution >= 4 is 34.2 Å². The Bertz CT molecular complexity index is 1450. The predicted molar refractivity (Wildman–Crippen MR) is 131 cm³/mol. The van der Waals surface area contributed by atoms with Gasteiger partial charge >= 0.3 is 5.97 Å². The maximum absolute atomic E-state index is 11.7. The molecule has 7 nitrogen and oxygen atoms in total. The van der Waals surface area contributed by atoms with Crippen LogP contribution in [-0.2, 0) is 0 Å². The second-order valence-electron chi connectivity index (χ2n) is 7.85. The van der Waals surface area contributed by atoms with Crippen LogP contribution in [0.2, 0.25) is 5.15 Å². The molecule has 0 fully saturated rings. The molecule has 0 bridgehead atoms. The maximum Gasteiger partial charge on any atom is 0.356 e. The third-order valence-electron chi connectivity index (χ3n) is 5.52. The lowest BCUT2D eigenvalue weighted by atomic mass is 9.95. The Kier molecular flexibility index (Phi) is 6.35. The van der Waals surface area contributed by atoms with Crippen LogP contribution in [0.15, 0.2) is 54.6 Å². The van der Waals surface area contributed by atoms with E-state index < -0.39 is 5.97 Å². The summed E-state index contributed by atoms with van der Waals surface area (Å²) in [5.41, 5.74) is 4.64. The van der Waals surface area contributed by atoms with Crippen molar-refractivity contribution in [3.8, 4) is 22.9 Å². The third-order valence-corrected chi connectivity index (χ3v) is 5.73. The Morgan fingerprint density at radius 1 is 1.15 bits per heavy atom. The highest BCUT2D eigenvalue weighted by Crippen LogP contribution is 2.33. The van der Waals surface area contributed by atoms with Crippen molar-refractivity contribution in [2.75, 3.05) is 12.4 Å². The minimum atomic E-state index is -1.17. The number of carboxylic acid groups (broad SMARTS) is 1. The molecule has 0 unspecified atom stereocenters. The average Bonchev–Trinajstić information content (AvgIpc) is 2.83. The lowest BCUT2D eigenvalue weighted by molar-refractivity contribution is 0.0691. The molecule has 0 radical (unpaired) electrons. The largest absolute Gasteiger partial charge is 0.497 e. The summed E-state index contributed by atoms with van der Waals surface area (Å²) in [5, 5.41) is 23.5. The number of hydrogen-bond acceptors (Lipinski definition) is 6. The van der Waals surface area contributed by atoms with Gasteiger partial charge in [-0.1, -0.05) is 29.8 Å². The SMILES string of the molecule is COc1ccc(-c2cc3c([C@H](C)Nc4ccc(Cl)nc4C(=O)O)cc(C)cc3nc2C#N)cc1. The van der Waals surface area contributed by atoms with Crippen molar-refractivity contribution in [2.24, 2.45) is 0 Å². The summed E-state index contributed by atoms with van der Waals surface area (Å²) in [7, 11) is 1.60. The van der Waals surface area contributed by atoms with E-state index in [1.807, 2.05) is 56.3 Å². The number of aryl methyl sites for hydroxylation is 1. The topological polar surface area (TPSA) is 108 Å². The van der Waals surface area contributed by atoms with Crippen LogP contribution in [0.25, 0.3) is 22.0 Å². The molecule has 1 atom stereocenters. The fourth-order valence-electron chi connectivity index (χ4n) is 3.91. The Morgan fingerprint density at radius 3 is 2.53 bits per heavy atom. The number of carboxylic acids is 1.